The summed E-state index contributed by atoms with van der Waals surface area (Å²) in [5.74, 6) is 4.96. The zero-order valence-corrected chi connectivity index (χ0v) is 15.2. The van der Waals surface area contributed by atoms with Crippen molar-refractivity contribution >= 4 is 27.7 Å². The molecule has 1 aromatic carbocycles. The molecule has 0 amide bonds. The van der Waals surface area contributed by atoms with Gasteiger partial charge in [-0.25, -0.2) is 0 Å². The fourth-order valence-electron chi connectivity index (χ4n) is 3.70. The second-order valence-corrected chi connectivity index (χ2v) is 7.81. The molecular formula is C16H22BrNO2S. The second-order valence-electron chi connectivity index (χ2n) is 6.05. The number of thioether (sulfide) groups is 1. The molecule has 1 aromatic rings. The molecule has 0 aliphatic carbocycles. The third-order valence-electron chi connectivity index (χ3n) is 4.66. The molecule has 2 heterocycles. The summed E-state index contributed by atoms with van der Waals surface area (Å²) in [6.07, 6.45) is 2.20. The standard InChI is InChI=1S/C16H22BrNO2S/c1-18-6-10(9-21-3)14-8-20-16-12(13(14)7-18)4-11(19-2)5-15(16)17/h4-5,10,13-14H,6-9H2,1-3H3/t10-,13+,14-/m1/s1. The van der Waals surface area contributed by atoms with Crippen molar-refractivity contribution in [1.29, 1.82) is 0 Å². The first-order valence-corrected chi connectivity index (χ1v) is 9.50. The first-order valence-electron chi connectivity index (χ1n) is 7.31. The van der Waals surface area contributed by atoms with Crippen LogP contribution in [0.2, 0.25) is 0 Å². The summed E-state index contributed by atoms with van der Waals surface area (Å²) >= 11 is 5.57. The van der Waals surface area contributed by atoms with Crippen molar-refractivity contribution in [2.45, 2.75) is 5.92 Å². The van der Waals surface area contributed by atoms with E-state index in [1.807, 2.05) is 17.8 Å². The Bertz CT molecular complexity index is 525. The molecule has 1 saturated heterocycles. The van der Waals surface area contributed by atoms with Crippen LogP contribution in [0.15, 0.2) is 16.6 Å². The summed E-state index contributed by atoms with van der Waals surface area (Å²) in [4.78, 5) is 2.46. The smallest absolute Gasteiger partial charge is 0.137 e. The number of ether oxygens (including phenoxy) is 2. The number of piperidine rings is 1. The van der Waals surface area contributed by atoms with Crippen LogP contribution in [-0.4, -0.2) is 50.8 Å². The number of methoxy groups -OCH3 is 1. The predicted molar refractivity (Wildman–Crippen MR) is 91.8 cm³/mol. The number of hydrogen-bond donors (Lipinski definition) is 0. The van der Waals surface area contributed by atoms with E-state index in [1.165, 1.54) is 17.9 Å². The molecule has 0 spiro atoms. The lowest BCUT2D eigenvalue weighted by molar-refractivity contribution is 0.0698. The van der Waals surface area contributed by atoms with Crippen molar-refractivity contribution in [1.82, 2.24) is 4.90 Å². The molecule has 0 aromatic heterocycles. The molecule has 3 nitrogen and oxygen atoms in total. The zero-order chi connectivity index (χ0) is 15.0. The van der Waals surface area contributed by atoms with Crippen LogP contribution >= 0.6 is 27.7 Å². The van der Waals surface area contributed by atoms with Crippen molar-refractivity contribution in [3.8, 4) is 11.5 Å². The minimum Gasteiger partial charge on any atom is -0.497 e. The Morgan fingerprint density at radius 2 is 2.24 bits per heavy atom. The van der Waals surface area contributed by atoms with E-state index in [-0.39, 0.29) is 0 Å². The molecule has 3 atom stereocenters. The summed E-state index contributed by atoms with van der Waals surface area (Å²) in [6.45, 7) is 3.11. The van der Waals surface area contributed by atoms with Crippen LogP contribution < -0.4 is 9.47 Å². The van der Waals surface area contributed by atoms with E-state index >= 15 is 0 Å². The molecule has 1 fully saturated rings. The van der Waals surface area contributed by atoms with Gasteiger partial charge in [-0.2, -0.15) is 11.8 Å². The van der Waals surface area contributed by atoms with E-state index in [0.29, 0.717) is 17.8 Å². The van der Waals surface area contributed by atoms with Crippen molar-refractivity contribution in [2.24, 2.45) is 11.8 Å². The van der Waals surface area contributed by atoms with E-state index in [1.54, 1.807) is 7.11 Å². The lowest BCUT2D eigenvalue weighted by Crippen LogP contribution is -2.48. The van der Waals surface area contributed by atoms with Crippen LogP contribution in [0.25, 0.3) is 0 Å². The Morgan fingerprint density at radius 3 is 2.95 bits per heavy atom. The van der Waals surface area contributed by atoms with E-state index in [2.05, 4.69) is 40.2 Å². The van der Waals surface area contributed by atoms with Crippen molar-refractivity contribution < 1.29 is 9.47 Å². The molecular weight excluding hydrogens is 350 g/mol. The van der Waals surface area contributed by atoms with Gasteiger partial charge in [0.05, 0.1) is 18.2 Å². The number of likely N-dealkylation sites (tertiary alicyclic amines) is 1. The fourth-order valence-corrected chi connectivity index (χ4v) is 5.05. The normalized spacial score (nSPS) is 28.5. The first kappa shape index (κ1) is 15.5. The zero-order valence-electron chi connectivity index (χ0n) is 12.8. The van der Waals surface area contributed by atoms with E-state index in [0.717, 1.165) is 29.1 Å². The highest BCUT2D eigenvalue weighted by Crippen LogP contribution is 2.48. The highest BCUT2D eigenvalue weighted by Gasteiger charge is 2.41. The van der Waals surface area contributed by atoms with Gasteiger partial charge >= 0.3 is 0 Å². The minimum absolute atomic E-state index is 0.538. The quantitative estimate of drug-likeness (QED) is 0.810. The molecule has 3 rings (SSSR count). The number of fused-ring (bicyclic) bond motifs is 3. The van der Waals surface area contributed by atoms with Gasteiger partial charge in [0, 0.05) is 30.5 Å². The maximum atomic E-state index is 6.10. The van der Waals surface area contributed by atoms with Crippen LogP contribution in [0.3, 0.4) is 0 Å². The van der Waals surface area contributed by atoms with Gasteiger partial charge in [-0.1, -0.05) is 0 Å². The Kier molecular flexibility index (Phi) is 4.71. The molecule has 0 unspecified atom stereocenters. The van der Waals surface area contributed by atoms with Crippen molar-refractivity contribution in [2.75, 3.05) is 45.9 Å². The lowest BCUT2D eigenvalue weighted by Gasteiger charge is -2.45. The topological polar surface area (TPSA) is 21.7 Å². The summed E-state index contributed by atoms with van der Waals surface area (Å²) in [7, 11) is 3.95. The third kappa shape index (κ3) is 2.92. The molecule has 116 valence electrons. The lowest BCUT2D eigenvalue weighted by atomic mass is 9.74. The van der Waals surface area contributed by atoms with E-state index in [9.17, 15) is 0 Å². The summed E-state index contributed by atoms with van der Waals surface area (Å²) in [5, 5.41) is 0. The third-order valence-corrected chi connectivity index (χ3v) is 6.01. The predicted octanol–water partition coefficient (Wildman–Crippen LogP) is 3.47. The molecule has 2 aliphatic rings. The summed E-state index contributed by atoms with van der Waals surface area (Å²) < 4.78 is 12.5. The number of likely N-dealkylation sites (N-methyl/N-ethyl adjacent to an activating group) is 1. The van der Waals surface area contributed by atoms with Gasteiger partial charge in [-0.05, 0) is 53.0 Å². The second kappa shape index (κ2) is 6.39. The Labute approximate surface area is 139 Å². The maximum absolute atomic E-state index is 6.10. The highest BCUT2D eigenvalue weighted by atomic mass is 79.9. The van der Waals surface area contributed by atoms with E-state index < -0.39 is 0 Å². The molecule has 0 N–H and O–H groups in total. The highest BCUT2D eigenvalue weighted by molar-refractivity contribution is 9.10. The van der Waals surface area contributed by atoms with Gasteiger partial charge in [-0.3, -0.25) is 0 Å². The summed E-state index contributed by atoms with van der Waals surface area (Å²) in [5.41, 5.74) is 1.30. The molecule has 2 aliphatic heterocycles. The van der Waals surface area contributed by atoms with Gasteiger partial charge in [-0.15, -0.1) is 0 Å². The number of halogens is 1. The van der Waals surface area contributed by atoms with Crippen LogP contribution in [0.5, 0.6) is 11.5 Å². The van der Waals surface area contributed by atoms with Gasteiger partial charge < -0.3 is 14.4 Å². The SMILES string of the molecule is COc1cc(Br)c2c(c1)[C@@H]1CN(C)C[C@H](CSC)[C@H]1CO2. The number of rotatable bonds is 3. The van der Waals surface area contributed by atoms with Gasteiger partial charge in [0.2, 0.25) is 0 Å². The Hall–Kier alpha value is -0.390. The Balaban J connectivity index is 1.98. The average molecular weight is 372 g/mol. The van der Waals surface area contributed by atoms with Crippen LogP contribution in [0, 0.1) is 11.8 Å². The van der Waals surface area contributed by atoms with Crippen LogP contribution in [0.4, 0.5) is 0 Å². The van der Waals surface area contributed by atoms with Gasteiger partial charge in [0.15, 0.2) is 0 Å². The molecule has 5 heteroatoms. The molecule has 21 heavy (non-hydrogen) atoms. The fraction of sp³-hybridized carbons (Fsp3) is 0.625. The number of nitrogens with zero attached hydrogens (tertiary/aromatic N) is 1. The monoisotopic (exact) mass is 371 g/mol. The summed E-state index contributed by atoms with van der Waals surface area (Å²) in [6, 6.07) is 4.15. The van der Waals surface area contributed by atoms with Crippen molar-refractivity contribution in [3.05, 3.63) is 22.2 Å². The number of hydrogen-bond acceptors (Lipinski definition) is 4. The maximum Gasteiger partial charge on any atom is 0.137 e. The minimum atomic E-state index is 0.538. The largest absolute Gasteiger partial charge is 0.497 e. The molecule has 0 radical (unpaired) electrons. The molecule has 0 saturated carbocycles. The average Bonchev–Trinajstić information content (AvgIpc) is 2.47. The van der Waals surface area contributed by atoms with Gasteiger partial charge in [0.1, 0.15) is 11.5 Å². The van der Waals surface area contributed by atoms with Crippen LogP contribution in [0.1, 0.15) is 11.5 Å². The van der Waals surface area contributed by atoms with Crippen LogP contribution in [-0.2, 0) is 0 Å². The first-order chi connectivity index (χ1) is 10.1. The van der Waals surface area contributed by atoms with Gasteiger partial charge in [0.25, 0.3) is 0 Å². The molecule has 0 bridgehead atoms. The van der Waals surface area contributed by atoms with Crippen molar-refractivity contribution in [3.63, 3.8) is 0 Å². The Morgan fingerprint density at radius 1 is 1.43 bits per heavy atom. The number of benzene rings is 1. The van der Waals surface area contributed by atoms with E-state index in [4.69, 9.17) is 9.47 Å².